The molecule has 0 N–H and O–H groups in total. The number of benzene rings is 2. The molecule has 0 fully saturated rings. The number of aromatic nitrogens is 2. The first-order valence-electron chi connectivity index (χ1n) is 9.46. The lowest BCUT2D eigenvalue weighted by atomic mass is 9.98. The Morgan fingerprint density at radius 2 is 2.00 bits per heavy atom. The van der Waals surface area contributed by atoms with Gasteiger partial charge in [0.2, 0.25) is 10.9 Å². The van der Waals surface area contributed by atoms with Gasteiger partial charge in [0.25, 0.3) is 5.91 Å². The van der Waals surface area contributed by atoms with Crippen molar-refractivity contribution in [3.8, 4) is 0 Å². The van der Waals surface area contributed by atoms with Crippen molar-refractivity contribution in [2.24, 2.45) is 0 Å². The van der Waals surface area contributed by atoms with Gasteiger partial charge in [-0.05, 0) is 43.2 Å². The standard InChI is InChI=1S/C22H16BrN3O3S/c1-3-16-24-25-22(30-16)26-18(12-5-4-6-13(23)10-12)17-19(27)14-9-11(2)7-8-15(14)29-20(17)21(26)28/h4-10,18H,3H2,1-2H3. The van der Waals surface area contributed by atoms with Crippen LogP contribution >= 0.6 is 27.3 Å². The maximum Gasteiger partial charge on any atom is 0.297 e. The van der Waals surface area contributed by atoms with E-state index in [-0.39, 0.29) is 17.1 Å². The van der Waals surface area contributed by atoms with Crippen molar-refractivity contribution in [3.05, 3.63) is 84.6 Å². The third kappa shape index (κ3) is 2.90. The topological polar surface area (TPSA) is 76.3 Å². The molecule has 1 unspecified atom stereocenters. The molecule has 1 atom stereocenters. The minimum atomic E-state index is -0.635. The number of hydrogen-bond donors (Lipinski definition) is 0. The zero-order valence-corrected chi connectivity index (χ0v) is 18.6. The number of carbonyl (C=O) groups excluding carboxylic acids is 1. The monoisotopic (exact) mass is 481 g/mol. The third-order valence-corrected chi connectivity index (χ3v) is 6.71. The van der Waals surface area contributed by atoms with E-state index in [4.69, 9.17) is 4.42 Å². The molecule has 150 valence electrons. The molecular weight excluding hydrogens is 466 g/mol. The molecule has 4 aromatic rings. The van der Waals surface area contributed by atoms with Crippen LogP contribution in [0.1, 0.15) is 45.2 Å². The van der Waals surface area contributed by atoms with E-state index < -0.39 is 6.04 Å². The molecule has 5 rings (SSSR count). The van der Waals surface area contributed by atoms with Gasteiger partial charge in [-0.1, -0.05) is 58.0 Å². The Hall–Kier alpha value is -2.84. The van der Waals surface area contributed by atoms with E-state index in [0.29, 0.717) is 28.1 Å². The van der Waals surface area contributed by atoms with Crippen LogP contribution in [0.15, 0.2) is 56.1 Å². The van der Waals surface area contributed by atoms with Gasteiger partial charge in [-0.15, -0.1) is 10.2 Å². The first-order valence-corrected chi connectivity index (χ1v) is 11.1. The molecule has 6 nitrogen and oxygen atoms in total. The van der Waals surface area contributed by atoms with Crippen LogP contribution in [0.4, 0.5) is 5.13 Å². The summed E-state index contributed by atoms with van der Waals surface area (Å²) in [5.74, 6) is -0.317. The highest BCUT2D eigenvalue weighted by atomic mass is 79.9. The van der Waals surface area contributed by atoms with Crippen molar-refractivity contribution in [2.75, 3.05) is 4.90 Å². The summed E-state index contributed by atoms with van der Waals surface area (Å²) in [5.41, 5.74) is 2.29. The molecule has 2 aromatic heterocycles. The van der Waals surface area contributed by atoms with E-state index in [1.54, 1.807) is 12.1 Å². The van der Waals surface area contributed by atoms with Gasteiger partial charge in [0.05, 0.1) is 17.0 Å². The minimum absolute atomic E-state index is 0.0644. The maximum absolute atomic E-state index is 13.5. The van der Waals surface area contributed by atoms with Gasteiger partial charge in [0.15, 0.2) is 5.43 Å². The average molecular weight is 482 g/mol. The lowest BCUT2D eigenvalue weighted by Gasteiger charge is -2.22. The van der Waals surface area contributed by atoms with Crippen LogP contribution in [0.5, 0.6) is 0 Å². The van der Waals surface area contributed by atoms with Crippen LogP contribution in [-0.4, -0.2) is 16.1 Å². The van der Waals surface area contributed by atoms with Gasteiger partial charge in [-0.25, -0.2) is 0 Å². The first-order chi connectivity index (χ1) is 14.5. The molecule has 0 spiro atoms. The molecule has 0 radical (unpaired) electrons. The summed E-state index contributed by atoms with van der Waals surface area (Å²) >= 11 is 4.84. The SMILES string of the molecule is CCc1nnc(N2C(=O)c3oc4ccc(C)cc4c(=O)c3C2c2cccc(Br)c2)s1. The number of fused-ring (bicyclic) bond motifs is 2. The molecule has 1 amide bonds. The van der Waals surface area contributed by atoms with Crippen molar-refractivity contribution in [1.82, 2.24) is 10.2 Å². The van der Waals surface area contributed by atoms with Gasteiger partial charge < -0.3 is 4.42 Å². The number of anilines is 1. The van der Waals surface area contributed by atoms with E-state index >= 15 is 0 Å². The summed E-state index contributed by atoms with van der Waals surface area (Å²) in [4.78, 5) is 28.5. The Kier molecular flexibility index (Phi) is 4.56. The third-order valence-electron chi connectivity index (χ3n) is 5.15. The second-order valence-corrected chi connectivity index (χ2v) is 9.09. The molecule has 0 saturated heterocycles. The number of amides is 1. The zero-order valence-electron chi connectivity index (χ0n) is 16.2. The average Bonchev–Trinajstić information content (AvgIpc) is 3.31. The lowest BCUT2D eigenvalue weighted by Crippen LogP contribution is -2.29. The van der Waals surface area contributed by atoms with Crippen LogP contribution in [-0.2, 0) is 6.42 Å². The van der Waals surface area contributed by atoms with Crippen LogP contribution in [0, 0.1) is 6.92 Å². The highest BCUT2D eigenvalue weighted by Crippen LogP contribution is 2.42. The van der Waals surface area contributed by atoms with Crippen molar-refractivity contribution < 1.29 is 9.21 Å². The molecular formula is C22H16BrN3O3S. The van der Waals surface area contributed by atoms with E-state index in [9.17, 15) is 9.59 Å². The number of hydrogen-bond acceptors (Lipinski definition) is 6. The molecule has 30 heavy (non-hydrogen) atoms. The fourth-order valence-corrected chi connectivity index (χ4v) is 4.98. The number of nitrogens with zero attached hydrogens (tertiary/aromatic N) is 3. The summed E-state index contributed by atoms with van der Waals surface area (Å²) < 4.78 is 6.83. The predicted molar refractivity (Wildman–Crippen MR) is 119 cm³/mol. The lowest BCUT2D eigenvalue weighted by molar-refractivity contribution is 0.0970. The summed E-state index contributed by atoms with van der Waals surface area (Å²) in [5, 5.41) is 10.1. The van der Waals surface area contributed by atoms with Gasteiger partial charge in [0, 0.05) is 4.47 Å². The Balaban J connectivity index is 1.82. The number of halogens is 1. The van der Waals surface area contributed by atoms with Crippen LogP contribution in [0.2, 0.25) is 0 Å². The van der Waals surface area contributed by atoms with Gasteiger partial charge >= 0.3 is 0 Å². The van der Waals surface area contributed by atoms with E-state index in [1.165, 1.54) is 16.2 Å². The predicted octanol–water partition coefficient (Wildman–Crippen LogP) is 5.03. The molecule has 0 bridgehead atoms. The van der Waals surface area contributed by atoms with Gasteiger partial charge in [-0.3, -0.25) is 14.5 Å². The van der Waals surface area contributed by atoms with Gasteiger partial charge in [0.1, 0.15) is 10.6 Å². The Labute approximate surface area is 184 Å². The van der Waals surface area contributed by atoms with Crippen molar-refractivity contribution in [2.45, 2.75) is 26.3 Å². The molecule has 1 aliphatic rings. The molecule has 3 heterocycles. The van der Waals surface area contributed by atoms with E-state index in [1.807, 2.05) is 44.2 Å². The summed E-state index contributed by atoms with van der Waals surface area (Å²) in [6.07, 6.45) is 0.717. The zero-order chi connectivity index (χ0) is 21.0. The Bertz CT molecular complexity index is 1380. The van der Waals surface area contributed by atoms with Crippen LogP contribution < -0.4 is 10.3 Å². The highest BCUT2D eigenvalue weighted by molar-refractivity contribution is 9.10. The molecule has 0 saturated carbocycles. The van der Waals surface area contributed by atoms with E-state index in [2.05, 4.69) is 26.1 Å². The first kappa shape index (κ1) is 19.1. The molecule has 0 aliphatic carbocycles. The summed E-state index contributed by atoms with van der Waals surface area (Å²) in [6, 6.07) is 12.3. The number of rotatable bonds is 3. The minimum Gasteiger partial charge on any atom is -0.450 e. The number of carbonyl (C=O) groups is 1. The van der Waals surface area contributed by atoms with Crippen molar-refractivity contribution >= 4 is 49.3 Å². The molecule has 1 aliphatic heterocycles. The second kappa shape index (κ2) is 7.14. The van der Waals surface area contributed by atoms with Crippen LogP contribution in [0.3, 0.4) is 0 Å². The second-order valence-electron chi connectivity index (χ2n) is 7.14. The largest absolute Gasteiger partial charge is 0.450 e. The number of aryl methyl sites for hydroxylation is 2. The van der Waals surface area contributed by atoms with Crippen LogP contribution in [0.25, 0.3) is 11.0 Å². The quantitative estimate of drug-likeness (QED) is 0.410. The van der Waals surface area contributed by atoms with Crippen molar-refractivity contribution in [3.63, 3.8) is 0 Å². The van der Waals surface area contributed by atoms with Gasteiger partial charge in [-0.2, -0.15) is 0 Å². The maximum atomic E-state index is 13.5. The summed E-state index contributed by atoms with van der Waals surface area (Å²) in [6.45, 7) is 3.90. The van der Waals surface area contributed by atoms with E-state index in [0.717, 1.165) is 20.6 Å². The van der Waals surface area contributed by atoms with Crippen molar-refractivity contribution in [1.29, 1.82) is 0 Å². The molecule has 2 aromatic carbocycles. The fraction of sp³-hybridized carbons (Fsp3) is 0.182. The fourth-order valence-electron chi connectivity index (χ4n) is 3.76. The highest BCUT2D eigenvalue weighted by Gasteiger charge is 2.45. The Morgan fingerprint density at radius 3 is 2.73 bits per heavy atom. The Morgan fingerprint density at radius 1 is 1.17 bits per heavy atom. The smallest absolute Gasteiger partial charge is 0.297 e. The normalized spacial score (nSPS) is 15.8. The summed E-state index contributed by atoms with van der Waals surface area (Å²) in [7, 11) is 0. The molecule has 8 heteroatoms.